The topological polar surface area (TPSA) is 84.7 Å². The van der Waals surface area contributed by atoms with Crippen molar-refractivity contribution in [1.29, 1.82) is 0 Å². The van der Waals surface area contributed by atoms with Crippen LogP contribution in [0.5, 0.6) is 0 Å². The van der Waals surface area contributed by atoms with Gasteiger partial charge in [-0.2, -0.15) is 0 Å². The Bertz CT molecular complexity index is 472. The third kappa shape index (κ3) is 4.17. The zero-order valence-corrected chi connectivity index (χ0v) is 11.4. The Morgan fingerprint density at radius 2 is 2.05 bits per heavy atom. The van der Waals surface area contributed by atoms with Crippen molar-refractivity contribution in [2.24, 2.45) is 0 Å². The summed E-state index contributed by atoms with van der Waals surface area (Å²) >= 11 is 0. The lowest BCUT2D eigenvalue weighted by molar-refractivity contribution is -0.126. The molecule has 1 rings (SSSR count). The summed E-state index contributed by atoms with van der Waals surface area (Å²) in [7, 11) is 3.36. The molecule has 0 radical (unpaired) electrons. The van der Waals surface area contributed by atoms with E-state index in [0.29, 0.717) is 16.9 Å². The standard InChI is InChI=1S/C13H19N3O3/c1-4-19-13(18)10-7-9(5-6-11(10)14)15-8-12(17)16(2)3/h5-7,15H,4,8,14H2,1-3H3. The Labute approximate surface area is 112 Å². The molecule has 1 aromatic carbocycles. The highest BCUT2D eigenvalue weighted by Gasteiger charge is 2.12. The number of nitrogen functional groups attached to an aromatic ring is 1. The summed E-state index contributed by atoms with van der Waals surface area (Å²) in [4.78, 5) is 24.6. The van der Waals surface area contributed by atoms with E-state index >= 15 is 0 Å². The molecule has 0 aliphatic carbocycles. The van der Waals surface area contributed by atoms with E-state index in [0.717, 1.165) is 0 Å². The van der Waals surface area contributed by atoms with Crippen molar-refractivity contribution in [3.63, 3.8) is 0 Å². The van der Waals surface area contributed by atoms with Crippen LogP contribution in [-0.2, 0) is 9.53 Å². The van der Waals surface area contributed by atoms with Gasteiger partial charge in [0.25, 0.3) is 0 Å². The molecule has 0 spiro atoms. The molecular weight excluding hydrogens is 246 g/mol. The molecule has 1 aromatic rings. The number of hydrogen-bond acceptors (Lipinski definition) is 5. The Morgan fingerprint density at radius 3 is 2.63 bits per heavy atom. The van der Waals surface area contributed by atoms with Gasteiger partial charge in [0.05, 0.1) is 18.7 Å². The molecule has 0 saturated heterocycles. The molecule has 0 fully saturated rings. The van der Waals surface area contributed by atoms with Gasteiger partial charge in [0.15, 0.2) is 0 Å². The average molecular weight is 265 g/mol. The molecule has 0 heterocycles. The Morgan fingerprint density at radius 1 is 1.37 bits per heavy atom. The number of anilines is 2. The third-order valence-corrected chi connectivity index (χ3v) is 2.49. The van der Waals surface area contributed by atoms with E-state index in [1.54, 1.807) is 39.2 Å². The number of amides is 1. The summed E-state index contributed by atoms with van der Waals surface area (Å²) in [6.07, 6.45) is 0. The SMILES string of the molecule is CCOC(=O)c1cc(NCC(=O)N(C)C)ccc1N. The summed E-state index contributed by atoms with van der Waals surface area (Å²) in [5.41, 5.74) is 7.01. The van der Waals surface area contributed by atoms with Gasteiger partial charge in [-0.1, -0.05) is 0 Å². The highest BCUT2D eigenvalue weighted by Crippen LogP contribution is 2.18. The van der Waals surface area contributed by atoms with Crippen LogP contribution in [0.3, 0.4) is 0 Å². The predicted molar refractivity (Wildman–Crippen MR) is 74.0 cm³/mol. The summed E-state index contributed by atoms with van der Waals surface area (Å²) in [6, 6.07) is 4.89. The first-order valence-corrected chi connectivity index (χ1v) is 5.96. The summed E-state index contributed by atoms with van der Waals surface area (Å²) < 4.78 is 4.91. The first kappa shape index (κ1) is 14.8. The number of ether oxygens (including phenoxy) is 1. The molecule has 0 atom stereocenters. The zero-order valence-electron chi connectivity index (χ0n) is 11.4. The summed E-state index contributed by atoms with van der Waals surface area (Å²) in [5.74, 6) is -0.530. The van der Waals surface area contributed by atoms with Crippen LogP contribution >= 0.6 is 0 Å². The van der Waals surface area contributed by atoms with E-state index in [1.165, 1.54) is 4.90 Å². The van der Waals surface area contributed by atoms with Crippen LogP contribution in [0.2, 0.25) is 0 Å². The van der Waals surface area contributed by atoms with Gasteiger partial charge in [0.1, 0.15) is 0 Å². The van der Waals surface area contributed by atoms with Gasteiger partial charge in [-0.25, -0.2) is 4.79 Å². The second kappa shape index (κ2) is 6.63. The van der Waals surface area contributed by atoms with E-state index < -0.39 is 5.97 Å². The smallest absolute Gasteiger partial charge is 0.340 e. The zero-order chi connectivity index (χ0) is 14.4. The quantitative estimate of drug-likeness (QED) is 0.611. The van der Waals surface area contributed by atoms with Crippen molar-refractivity contribution in [3.8, 4) is 0 Å². The minimum Gasteiger partial charge on any atom is -0.462 e. The van der Waals surface area contributed by atoms with Crippen LogP contribution in [-0.4, -0.2) is 44.0 Å². The van der Waals surface area contributed by atoms with Gasteiger partial charge in [0, 0.05) is 25.5 Å². The lowest BCUT2D eigenvalue weighted by Crippen LogP contribution is -2.28. The Kier molecular flexibility index (Phi) is 5.17. The maximum Gasteiger partial charge on any atom is 0.340 e. The number of carbonyl (C=O) groups excluding carboxylic acids is 2. The lowest BCUT2D eigenvalue weighted by Gasteiger charge is -2.13. The largest absolute Gasteiger partial charge is 0.462 e. The summed E-state index contributed by atoms with van der Waals surface area (Å²) in [5, 5.41) is 2.94. The van der Waals surface area contributed by atoms with Gasteiger partial charge in [-0.3, -0.25) is 4.79 Å². The van der Waals surface area contributed by atoms with E-state index in [1.807, 2.05) is 0 Å². The second-order valence-electron chi connectivity index (χ2n) is 4.16. The average Bonchev–Trinajstić information content (AvgIpc) is 2.37. The van der Waals surface area contributed by atoms with E-state index in [4.69, 9.17) is 10.5 Å². The minimum atomic E-state index is -0.470. The van der Waals surface area contributed by atoms with Crippen LogP contribution in [0.4, 0.5) is 11.4 Å². The van der Waals surface area contributed by atoms with Crippen LogP contribution in [0, 0.1) is 0 Å². The molecule has 0 aliphatic heterocycles. The highest BCUT2D eigenvalue weighted by molar-refractivity contribution is 5.96. The molecule has 0 saturated carbocycles. The number of carbonyl (C=O) groups is 2. The number of hydrogen-bond donors (Lipinski definition) is 2. The van der Waals surface area contributed by atoms with Crippen molar-refractivity contribution in [3.05, 3.63) is 23.8 Å². The fraction of sp³-hybridized carbons (Fsp3) is 0.385. The highest BCUT2D eigenvalue weighted by atomic mass is 16.5. The third-order valence-electron chi connectivity index (χ3n) is 2.49. The fourth-order valence-electron chi connectivity index (χ4n) is 1.39. The van der Waals surface area contributed by atoms with Gasteiger partial charge in [0.2, 0.25) is 5.91 Å². The van der Waals surface area contributed by atoms with Gasteiger partial charge >= 0.3 is 5.97 Å². The second-order valence-corrected chi connectivity index (χ2v) is 4.16. The molecule has 6 heteroatoms. The molecule has 1 amide bonds. The molecule has 0 bridgehead atoms. The monoisotopic (exact) mass is 265 g/mol. The van der Waals surface area contributed by atoms with Gasteiger partial charge in [-0.05, 0) is 25.1 Å². The van der Waals surface area contributed by atoms with E-state index in [-0.39, 0.29) is 19.1 Å². The normalized spacial score (nSPS) is 9.84. The number of nitrogens with one attached hydrogen (secondary N) is 1. The van der Waals surface area contributed by atoms with Crippen LogP contribution in [0.25, 0.3) is 0 Å². The molecule has 6 nitrogen and oxygen atoms in total. The van der Waals surface area contributed by atoms with Crippen molar-refractivity contribution in [2.45, 2.75) is 6.92 Å². The van der Waals surface area contributed by atoms with E-state index in [2.05, 4.69) is 5.32 Å². The van der Waals surface area contributed by atoms with Crippen LogP contribution in [0.15, 0.2) is 18.2 Å². The molecule has 0 aromatic heterocycles. The Hall–Kier alpha value is -2.24. The molecule has 104 valence electrons. The molecule has 0 aliphatic rings. The molecule has 3 N–H and O–H groups in total. The number of nitrogens with zero attached hydrogens (tertiary/aromatic N) is 1. The van der Waals surface area contributed by atoms with Crippen molar-refractivity contribution in [1.82, 2.24) is 4.90 Å². The van der Waals surface area contributed by atoms with Crippen molar-refractivity contribution in [2.75, 3.05) is 38.3 Å². The maximum atomic E-state index is 11.7. The Balaban J connectivity index is 2.79. The van der Waals surface area contributed by atoms with Crippen LogP contribution < -0.4 is 11.1 Å². The van der Waals surface area contributed by atoms with Crippen LogP contribution in [0.1, 0.15) is 17.3 Å². The van der Waals surface area contributed by atoms with Gasteiger partial charge < -0.3 is 20.7 Å². The molecular formula is C13H19N3O3. The van der Waals surface area contributed by atoms with Crippen molar-refractivity contribution < 1.29 is 14.3 Å². The first-order chi connectivity index (χ1) is 8.95. The number of esters is 1. The van der Waals surface area contributed by atoms with E-state index in [9.17, 15) is 9.59 Å². The van der Waals surface area contributed by atoms with Crippen molar-refractivity contribution >= 4 is 23.3 Å². The minimum absolute atomic E-state index is 0.0606. The fourth-order valence-corrected chi connectivity index (χ4v) is 1.39. The molecule has 19 heavy (non-hydrogen) atoms. The number of benzene rings is 1. The number of likely N-dealkylation sites (N-methyl/N-ethyl adjacent to an activating group) is 1. The molecule has 0 unspecified atom stereocenters. The summed E-state index contributed by atoms with van der Waals surface area (Å²) in [6.45, 7) is 2.17. The lowest BCUT2D eigenvalue weighted by atomic mass is 10.1. The number of nitrogens with two attached hydrogens (primary N) is 1. The van der Waals surface area contributed by atoms with Gasteiger partial charge in [-0.15, -0.1) is 0 Å². The number of rotatable bonds is 5. The maximum absolute atomic E-state index is 11.7. The predicted octanol–water partition coefficient (Wildman–Crippen LogP) is 0.946. The first-order valence-electron chi connectivity index (χ1n) is 5.96.